The molecule has 0 amide bonds. The number of carbonyl (C=O) groups is 3. The Kier molecular flexibility index (Phi) is 64.3. The Hall–Kier alpha value is -3.93. The van der Waals surface area contributed by atoms with E-state index < -0.39 is 6.10 Å². The second-order valence-electron chi connectivity index (χ2n) is 22.4. The number of ether oxygens (including phenoxy) is 3. The van der Waals surface area contributed by atoms with Gasteiger partial charge in [-0.25, -0.2) is 0 Å². The third-order valence-electron chi connectivity index (χ3n) is 14.5. The van der Waals surface area contributed by atoms with Gasteiger partial charge in [0, 0.05) is 19.3 Å². The van der Waals surface area contributed by atoms with Gasteiger partial charge >= 0.3 is 17.9 Å². The van der Waals surface area contributed by atoms with Crippen LogP contribution in [0.3, 0.4) is 0 Å². The summed E-state index contributed by atoms with van der Waals surface area (Å²) in [6, 6.07) is 0. The van der Waals surface area contributed by atoms with E-state index >= 15 is 0 Å². The Bertz CT molecular complexity index is 1610. The molecule has 0 aromatic rings. The number of esters is 3. The van der Waals surface area contributed by atoms with Crippen molar-refractivity contribution in [2.24, 2.45) is 0 Å². The van der Waals surface area contributed by atoms with Crippen LogP contribution < -0.4 is 0 Å². The minimum Gasteiger partial charge on any atom is -0.462 e. The van der Waals surface area contributed by atoms with Gasteiger partial charge in [0.2, 0.25) is 0 Å². The van der Waals surface area contributed by atoms with Crippen molar-refractivity contribution in [3.8, 4) is 0 Å². The maximum atomic E-state index is 12.9. The quantitative estimate of drug-likeness (QED) is 0.0261. The molecule has 0 aliphatic heterocycles. The third-order valence-corrected chi connectivity index (χ3v) is 14.5. The van der Waals surface area contributed by atoms with E-state index in [9.17, 15) is 14.4 Å². The van der Waals surface area contributed by atoms with Gasteiger partial charge in [-0.15, -0.1) is 0 Å². The molecule has 0 aromatic carbocycles. The predicted molar refractivity (Wildman–Crippen MR) is 348 cm³/mol. The summed E-state index contributed by atoms with van der Waals surface area (Å²) in [5, 5.41) is 0. The Morgan fingerprint density at radius 3 is 0.762 bits per heavy atom. The Morgan fingerprint density at radius 1 is 0.263 bits per heavy atom. The van der Waals surface area contributed by atoms with Crippen LogP contribution in [0.15, 0.2) is 109 Å². The van der Waals surface area contributed by atoms with Gasteiger partial charge in [-0.3, -0.25) is 14.4 Å². The summed E-state index contributed by atoms with van der Waals surface area (Å²) < 4.78 is 16.9. The highest BCUT2D eigenvalue weighted by atomic mass is 16.6. The van der Waals surface area contributed by atoms with Crippen LogP contribution in [0.2, 0.25) is 0 Å². The lowest BCUT2D eigenvalue weighted by molar-refractivity contribution is -0.167. The normalized spacial score (nSPS) is 12.8. The van der Waals surface area contributed by atoms with Crippen molar-refractivity contribution >= 4 is 17.9 Å². The fraction of sp³-hybridized carbons (Fsp3) is 0.716. The van der Waals surface area contributed by atoms with Crippen LogP contribution >= 0.6 is 0 Å². The summed E-state index contributed by atoms with van der Waals surface area (Å²) in [6.45, 7) is 6.54. The molecule has 0 aromatic heterocycles. The lowest BCUT2D eigenvalue weighted by Gasteiger charge is -2.18. The van der Waals surface area contributed by atoms with Gasteiger partial charge in [-0.1, -0.05) is 323 Å². The SMILES string of the molecule is CC/C=C\C/C=C\C/C=C\C/C=C\C/C=C\C/C=C\C/C=C\C/C=C\C/C=C\CCCCCCCC(=O)OCC(COC(=O)CCCCCCCCCCCCCCCC)OC(=O)CCCCCCCCCCCCCCCCC. The third kappa shape index (κ3) is 64.9. The first-order valence-electron chi connectivity index (χ1n) is 33.9. The summed E-state index contributed by atoms with van der Waals surface area (Å²) in [5.41, 5.74) is 0. The fourth-order valence-corrected chi connectivity index (χ4v) is 9.50. The lowest BCUT2D eigenvalue weighted by atomic mass is 10.0. The highest BCUT2D eigenvalue weighted by Crippen LogP contribution is 2.17. The zero-order valence-electron chi connectivity index (χ0n) is 52.6. The van der Waals surface area contributed by atoms with E-state index in [-0.39, 0.29) is 31.1 Å². The van der Waals surface area contributed by atoms with E-state index in [4.69, 9.17) is 14.2 Å². The van der Waals surface area contributed by atoms with Crippen LogP contribution in [-0.4, -0.2) is 37.2 Å². The van der Waals surface area contributed by atoms with Crippen LogP contribution in [0.1, 0.15) is 323 Å². The van der Waals surface area contributed by atoms with Gasteiger partial charge in [0.05, 0.1) is 0 Å². The van der Waals surface area contributed by atoms with E-state index in [1.54, 1.807) is 0 Å². The average molecular weight is 1110 g/mol. The first-order valence-corrected chi connectivity index (χ1v) is 33.9. The molecule has 0 aliphatic carbocycles. The Balaban J connectivity index is 4.30. The van der Waals surface area contributed by atoms with Crippen molar-refractivity contribution < 1.29 is 28.6 Å². The first kappa shape index (κ1) is 76.1. The maximum absolute atomic E-state index is 12.9. The van der Waals surface area contributed by atoms with Crippen LogP contribution in [0.5, 0.6) is 0 Å². The van der Waals surface area contributed by atoms with Gasteiger partial charge < -0.3 is 14.2 Å². The molecule has 0 N–H and O–H groups in total. The summed E-state index contributed by atoms with van der Waals surface area (Å²) in [7, 11) is 0. The second kappa shape index (κ2) is 67.6. The van der Waals surface area contributed by atoms with Crippen LogP contribution in [-0.2, 0) is 28.6 Å². The molecule has 0 saturated heterocycles. The molecule has 6 heteroatoms. The fourth-order valence-electron chi connectivity index (χ4n) is 9.50. The average Bonchev–Trinajstić information content (AvgIpc) is 3.46. The van der Waals surface area contributed by atoms with Gasteiger partial charge in [-0.05, 0) is 89.9 Å². The number of hydrogen-bond donors (Lipinski definition) is 0. The van der Waals surface area contributed by atoms with Gasteiger partial charge in [0.1, 0.15) is 13.2 Å². The molecule has 0 bridgehead atoms. The molecule has 458 valence electrons. The topological polar surface area (TPSA) is 78.9 Å². The molecule has 0 saturated carbocycles. The number of allylic oxidation sites excluding steroid dienone is 18. The molecular weight excluding hydrogens is 985 g/mol. The molecule has 1 atom stereocenters. The highest BCUT2D eigenvalue weighted by Gasteiger charge is 2.19. The molecule has 0 spiro atoms. The predicted octanol–water partition coefficient (Wildman–Crippen LogP) is 23.4. The minimum atomic E-state index is -0.784. The molecular formula is C74H126O6. The molecule has 0 rings (SSSR count). The standard InChI is InChI=1S/C74H126O6/c1-4-7-10-13-16-19-22-25-28-29-30-31-32-33-34-35-36-37-38-39-40-41-42-43-44-45-47-49-52-55-58-61-64-67-73(76)79-70-71(69-78-72(75)66-63-60-57-54-51-48-27-24-21-18-15-12-9-6-3)80-74(77)68-65-62-59-56-53-50-46-26-23-20-17-14-11-8-5-2/h7,10,16,19,25,28,30-31,33-34,36-37,39-40,42-43,45,47,71H,4-6,8-9,11-15,17-18,20-24,26-27,29,32,35,38,41,44,46,48-70H2,1-3H3/b10-7-,19-16-,28-25-,31-30-,34-33-,37-36-,40-39-,43-42-,47-45-. The lowest BCUT2D eigenvalue weighted by Crippen LogP contribution is -2.30. The van der Waals surface area contributed by atoms with E-state index in [0.717, 1.165) is 135 Å². The number of hydrogen-bond acceptors (Lipinski definition) is 6. The van der Waals surface area contributed by atoms with Crippen LogP contribution in [0, 0.1) is 0 Å². The van der Waals surface area contributed by atoms with E-state index in [1.165, 1.54) is 148 Å². The summed E-state index contributed by atoms with van der Waals surface area (Å²) in [4.78, 5) is 38.3. The summed E-state index contributed by atoms with van der Waals surface area (Å²) in [5.74, 6) is -0.886. The van der Waals surface area contributed by atoms with Crippen molar-refractivity contribution in [1.82, 2.24) is 0 Å². The van der Waals surface area contributed by atoms with Crippen molar-refractivity contribution in [3.05, 3.63) is 109 Å². The molecule has 80 heavy (non-hydrogen) atoms. The Labute approximate surface area is 495 Å². The van der Waals surface area contributed by atoms with Gasteiger partial charge in [0.15, 0.2) is 6.10 Å². The van der Waals surface area contributed by atoms with Crippen molar-refractivity contribution in [1.29, 1.82) is 0 Å². The monoisotopic (exact) mass is 1110 g/mol. The zero-order chi connectivity index (χ0) is 57.8. The van der Waals surface area contributed by atoms with Crippen molar-refractivity contribution in [3.63, 3.8) is 0 Å². The van der Waals surface area contributed by atoms with E-state index in [1.807, 2.05) is 0 Å². The van der Waals surface area contributed by atoms with Crippen molar-refractivity contribution in [2.75, 3.05) is 13.2 Å². The van der Waals surface area contributed by atoms with Gasteiger partial charge in [-0.2, -0.15) is 0 Å². The maximum Gasteiger partial charge on any atom is 0.306 e. The second-order valence-corrected chi connectivity index (χ2v) is 22.4. The summed E-state index contributed by atoms with van der Waals surface area (Å²) in [6.07, 6.45) is 92.4. The van der Waals surface area contributed by atoms with E-state index in [0.29, 0.717) is 19.3 Å². The molecule has 0 radical (unpaired) electrons. The molecule has 0 heterocycles. The highest BCUT2D eigenvalue weighted by molar-refractivity contribution is 5.71. The zero-order valence-corrected chi connectivity index (χ0v) is 52.6. The molecule has 0 fully saturated rings. The van der Waals surface area contributed by atoms with Crippen molar-refractivity contribution in [2.45, 2.75) is 329 Å². The van der Waals surface area contributed by atoms with Crippen LogP contribution in [0.25, 0.3) is 0 Å². The first-order chi connectivity index (χ1) is 39.5. The van der Waals surface area contributed by atoms with Crippen LogP contribution in [0.4, 0.5) is 0 Å². The molecule has 0 aliphatic rings. The number of unbranched alkanes of at least 4 members (excludes halogenated alkanes) is 32. The largest absolute Gasteiger partial charge is 0.462 e. The molecule has 1 unspecified atom stereocenters. The van der Waals surface area contributed by atoms with E-state index in [2.05, 4.69) is 130 Å². The number of carbonyl (C=O) groups excluding carboxylic acids is 3. The van der Waals surface area contributed by atoms with Gasteiger partial charge in [0.25, 0.3) is 0 Å². The minimum absolute atomic E-state index is 0.0797. The molecule has 6 nitrogen and oxygen atoms in total. The Morgan fingerprint density at radius 2 is 0.487 bits per heavy atom. The smallest absolute Gasteiger partial charge is 0.306 e. The number of rotatable bonds is 61. The summed E-state index contributed by atoms with van der Waals surface area (Å²) >= 11 is 0.